The van der Waals surface area contributed by atoms with Crippen molar-refractivity contribution in [3.63, 3.8) is 0 Å². The van der Waals surface area contributed by atoms with Crippen molar-refractivity contribution in [1.82, 2.24) is 14.7 Å². The van der Waals surface area contributed by atoms with Crippen molar-refractivity contribution in [2.45, 2.75) is 38.8 Å². The predicted molar refractivity (Wildman–Crippen MR) is 112 cm³/mol. The number of carbonyl (C=O) groups excluding carboxylic acids is 1. The van der Waals surface area contributed by atoms with E-state index in [1.807, 2.05) is 29.2 Å². The third-order valence-corrected chi connectivity index (χ3v) is 5.33. The van der Waals surface area contributed by atoms with Crippen LogP contribution in [0.25, 0.3) is 5.57 Å². The minimum absolute atomic E-state index is 0.106. The van der Waals surface area contributed by atoms with Gasteiger partial charge in [0.15, 0.2) is 5.82 Å². The first-order valence-electron chi connectivity index (χ1n) is 9.68. The monoisotopic (exact) mass is 378 g/mol. The number of hydrogen-bond acceptors (Lipinski definition) is 5. The SMILES string of the molecule is CN=CC(=CN)c1cccc(Nc2nn(C3CC3)c3c2CN(C(C)=O)CC3)c1. The Kier molecular flexibility index (Phi) is 4.90. The van der Waals surface area contributed by atoms with Crippen molar-refractivity contribution < 1.29 is 4.79 Å². The average molecular weight is 378 g/mol. The molecular weight excluding hydrogens is 352 g/mol. The molecule has 1 aromatic carbocycles. The summed E-state index contributed by atoms with van der Waals surface area (Å²) in [5, 5.41) is 8.35. The molecule has 0 saturated heterocycles. The van der Waals surface area contributed by atoms with Crippen molar-refractivity contribution in [2.24, 2.45) is 10.7 Å². The number of nitrogens with zero attached hydrogens (tertiary/aromatic N) is 4. The van der Waals surface area contributed by atoms with Gasteiger partial charge in [-0.05, 0) is 30.5 Å². The largest absolute Gasteiger partial charge is 0.404 e. The highest BCUT2D eigenvalue weighted by molar-refractivity contribution is 6.09. The third kappa shape index (κ3) is 3.52. The quantitative estimate of drug-likeness (QED) is 0.783. The zero-order valence-corrected chi connectivity index (χ0v) is 16.4. The maximum absolute atomic E-state index is 11.9. The highest BCUT2D eigenvalue weighted by Crippen LogP contribution is 2.39. The van der Waals surface area contributed by atoms with Crippen LogP contribution in [-0.2, 0) is 17.8 Å². The lowest BCUT2D eigenvalue weighted by Gasteiger charge is -2.26. The molecule has 146 valence electrons. The molecule has 0 bridgehead atoms. The van der Waals surface area contributed by atoms with E-state index in [1.54, 1.807) is 26.4 Å². The van der Waals surface area contributed by atoms with Crippen LogP contribution < -0.4 is 11.1 Å². The molecule has 0 radical (unpaired) electrons. The second kappa shape index (κ2) is 7.50. The van der Waals surface area contributed by atoms with Crippen LogP contribution in [0.3, 0.4) is 0 Å². The molecule has 2 aromatic rings. The highest BCUT2D eigenvalue weighted by atomic mass is 16.2. The first kappa shape index (κ1) is 18.3. The Labute approximate surface area is 164 Å². The third-order valence-electron chi connectivity index (χ3n) is 5.33. The number of carbonyl (C=O) groups is 1. The van der Waals surface area contributed by atoms with E-state index in [9.17, 15) is 4.79 Å². The normalized spacial score (nSPS) is 17.1. The van der Waals surface area contributed by atoms with E-state index in [0.29, 0.717) is 12.6 Å². The fourth-order valence-electron chi connectivity index (χ4n) is 3.70. The van der Waals surface area contributed by atoms with Gasteiger partial charge >= 0.3 is 0 Å². The number of anilines is 2. The van der Waals surface area contributed by atoms with E-state index in [2.05, 4.69) is 15.0 Å². The molecule has 2 aliphatic rings. The van der Waals surface area contributed by atoms with Crippen LogP contribution in [0, 0.1) is 0 Å². The van der Waals surface area contributed by atoms with Crippen LogP contribution in [-0.4, -0.2) is 40.4 Å². The van der Waals surface area contributed by atoms with Crippen LogP contribution in [0.1, 0.15) is 42.6 Å². The van der Waals surface area contributed by atoms with Crippen LogP contribution in [0.4, 0.5) is 11.5 Å². The summed E-state index contributed by atoms with van der Waals surface area (Å²) in [6.07, 6.45) is 6.52. The number of amides is 1. The van der Waals surface area contributed by atoms with Gasteiger partial charge < -0.3 is 16.0 Å². The standard InChI is InChI=1S/C21H26N6O/c1-14(28)26-9-8-20-19(13-26)21(25-27(20)18-6-7-18)24-17-5-3-4-15(10-17)16(11-22)12-23-2/h3-5,10-12,18H,6-9,13,22H2,1-2H3,(H,24,25). The molecule has 1 aromatic heterocycles. The Morgan fingerprint density at radius 1 is 1.39 bits per heavy atom. The highest BCUT2D eigenvalue weighted by Gasteiger charge is 2.33. The van der Waals surface area contributed by atoms with Crippen LogP contribution in [0.5, 0.6) is 0 Å². The number of hydrogen-bond donors (Lipinski definition) is 2. The van der Waals surface area contributed by atoms with Crippen molar-refractivity contribution in [3.8, 4) is 0 Å². The summed E-state index contributed by atoms with van der Waals surface area (Å²) >= 11 is 0. The fourth-order valence-corrected chi connectivity index (χ4v) is 3.70. The Hall–Kier alpha value is -3.09. The van der Waals surface area contributed by atoms with Gasteiger partial charge in [-0.3, -0.25) is 14.5 Å². The van der Waals surface area contributed by atoms with Gasteiger partial charge in [-0.2, -0.15) is 5.10 Å². The molecule has 1 saturated carbocycles. The van der Waals surface area contributed by atoms with E-state index in [4.69, 9.17) is 10.8 Å². The van der Waals surface area contributed by atoms with E-state index < -0.39 is 0 Å². The van der Waals surface area contributed by atoms with Crippen LogP contribution >= 0.6 is 0 Å². The summed E-state index contributed by atoms with van der Waals surface area (Å²) in [4.78, 5) is 17.8. The number of nitrogens with one attached hydrogen (secondary N) is 1. The van der Waals surface area contributed by atoms with Crippen molar-refractivity contribution in [2.75, 3.05) is 18.9 Å². The minimum atomic E-state index is 0.106. The number of aliphatic imine (C=N–C) groups is 1. The lowest BCUT2D eigenvalue weighted by atomic mass is 10.1. The van der Waals surface area contributed by atoms with E-state index >= 15 is 0 Å². The Bertz CT molecular complexity index is 954. The van der Waals surface area contributed by atoms with Gasteiger partial charge in [0.1, 0.15) is 0 Å². The van der Waals surface area contributed by atoms with Gasteiger partial charge in [0.2, 0.25) is 5.91 Å². The van der Waals surface area contributed by atoms with Gasteiger partial charge in [0.05, 0.1) is 12.6 Å². The van der Waals surface area contributed by atoms with Gasteiger partial charge in [0, 0.05) is 61.9 Å². The topological polar surface area (TPSA) is 88.5 Å². The number of benzene rings is 1. The Morgan fingerprint density at radius 2 is 2.21 bits per heavy atom. The lowest BCUT2D eigenvalue weighted by molar-refractivity contribution is -0.129. The molecule has 3 N–H and O–H groups in total. The van der Waals surface area contributed by atoms with Crippen LogP contribution in [0.15, 0.2) is 35.5 Å². The van der Waals surface area contributed by atoms with Gasteiger partial charge in [-0.1, -0.05) is 12.1 Å². The fraction of sp³-hybridized carbons (Fsp3) is 0.381. The van der Waals surface area contributed by atoms with Gasteiger partial charge in [-0.15, -0.1) is 0 Å². The summed E-state index contributed by atoms with van der Waals surface area (Å²) in [6.45, 7) is 3.00. The first-order valence-corrected chi connectivity index (χ1v) is 9.68. The molecule has 7 nitrogen and oxygen atoms in total. The Morgan fingerprint density at radius 3 is 2.89 bits per heavy atom. The first-order chi connectivity index (χ1) is 13.6. The number of nitrogens with two attached hydrogens (primary N) is 1. The number of rotatable bonds is 5. The maximum Gasteiger partial charge on any atom is 0.219 e. The summed E-state index contributed by atoms with van der Waals surface area (Å²) in [5.41, 5.74) is 10.9. The smallest absolute Gasteiger partial charge is 0.219 e. The molecule has 28 heavy (non-hydrogen) atoms. The molecule has 0 unspecified atom stereocenters. The molecule has 1 fully saturated rings. The second-order valence-electron chi connectivity index (χ2n) is 7.36. The number of aromatic nitrogens is 2. The molecule has 1 aliphatic heterocycles. The zero-order chi connectivity index (χ0) is 19.7. The molecular formula is C21H26N6O. The molecule has 0 atom stereocenters. The average Bonchev–Trinajstić information content (AvgIpc) is 3.49. The molecule has 1 aliphatic carbocycles. The second-order valence-corrected chi connectivity index (χ2v) is 7.36. The number of allylic oxidation sites excluding steroid dienone is 1. The summed E-state index contributed by atoms with van der Waals surface area (Å²) < 4.78 is 2.17. The predicted octanol–water partition coefficient (Wildman–Crippen LogP) is 2.87. The summed E-state index contributed by atoms with van der Waals surface area (Å²) in [7, 11) is 1.73. The molecule has 4 rings (SSSR count). The summed E-state index contributed by atoms with van der Waals surface area (Å²) in [5.74, 6) is 0.946. The van der Waals surface area contributed by atoms with E-state index in [1.165, 1.54) is 18.5 Å². The van der Waals surface area contributed by atoms with E-state index in [-0.39, 0.29) is 5.91 Å². The van der Waals surface area contributed by atoms with Gasteiger partial charge in [-0.25, -0.2) is 0 Å². The summed E-state index contributed by atoms with van der Waals surface area (Å²) in [6, 6.07) is 8.54. The lowest BCUT2D eigenvalue weighted by Crippen LogP contribution is -2.34. The molecule has 7 heteroatoms. The van der Waals surface area contributed by atoms with Crippen molar-refractivity contribution in [3.05, 3.63) is 47.3 Å². The maximum atomic E-state index is 11.9. The van der Waals surface area contributed by atoms with E-state index in [0.717, 1.165) is 41.2 Å². The van der Waals surface area contributed by atoms with Gasteiger partial charge in [0.25, 0.3) is 0 Å². The Balaban J connectivity index is 1.66. The van der Waals surface area contributed by atoms with Crippen LogP contribution in [0.2, 0.25) is 0 Å². The molecule has 1 amide bonds. The van der Waals surface area contributed by atoms with Crippen molar-refractivity contribution in [1.29, 1.82) is 0 Å². The molecule has 0 spiro atoms. The zero-order valence-electron chi connectivity index (χ0n) is 16.4. The number of fused-ring (bicyclic) bond motifs is 1. The minimum Gasteiger partial charge on any atom is -0.404 e. The van der Waals surface area contributed by atoms with Crippen molar-refractivity contribution >= 4 is 29.2 Å². The molecule has 2 heterocycles.